The van der Waals surface area contributed by atoms with Gasteiger partial charge in [-0.15, -0.1) is 0 Å². The third-order valence-electron chi connectivity index (χ3n) is 5.58. The summed E-state index contributed by atoms with van der Waals surface area (Å²) in [6.07, 6.45) is 5.23. The number of ether oxygens (including phenoxy) is 2. The number of carbonyl (C=O) groups excluding carboxylic acids is 1. The molecule has 4 saturated carbocycles. The van der Waals surface area contributed by atoms with Crippen LogP contribution in [0, 0.1) is 23.2 Å². The van der Waals surface area contributed by atoms with E-state index in [9.17, 15) is 18.7 Å². The lowest BCUT2D eigenvalue weighted by atomic mass is 9.49. The van der Waals surface area contributed by atoms with Crippen molar-refractivity contribution in [3.05, 3.63) is 0 Å². The van der Waals surface area contributed by atoms with Crippen LogP contribution in [0.3, 0.4) is 0 Å². The van der Waals surface area contributed by atoms with Crippen molar-refractivity contribution in [2.75, 3.05) is 19.8 Å². The first-order valence-electron chi connectivity index (χ1n) is 8.10. The topological polar surface area (TPSA) is 55.8 Å². The lowest BCUT2D eigenvalue weighted by Gasteiger charge is -2.58. The fraction of sp³-hybridized carbons (Fsp3) is 0.938. The lowest BCUT2D eigenvalue weighted by molar-refractivity contribution is -0.174. The predicted octanol–water partition coefficient (Wildman–Crippen LogP) is 2.39. The molecule has 0 spiro atoms. The predicted molar refractivity (Wildman–Crippen MR) is 74.4 cm³/mol. The maximum atomic E-state index is 12.6. The van der Waals surface area contributed by atoms with Gasteiger partial charge in [-0.3, -0.25) is 0 Å². The van der Waals surface area contributed by atoms with Crippen LogP contribution in [0.2, 0.25) is 0 Å². The van der Waals surface area contributed by atoms with Crippen LogP contribution >= 0.6 is 0 Å². The number of esters is 1. The summed E-state index contributed by atoms with van der Waals surface area (Å²) in [7, 11) is 0. The van der Waals surface area contributed by atoms with Crippen LogP contribution in [0.4, 0.5) is 8.78 Å². The Balaban J connectivity index is 1.42. The van der Waals surface area contributed by atoms with Gasteiger partial charge in [0.1, 0.15) is 6.61 Å². The van der Waals surface area contributed by atoms with E-state index >= 15 is 0 Å². The first-order chi connectivity index (χ1) is 10.3. The van der Waals surface area contributed by atoms with Gasteiger partial charge >= 0.3 is 11.9 Å². The van der Waals surface area contributed by atoms with Gasteiger partial charge in [0.05, 0.1) is 19.3 Å². The van der Waals surface area contributed by atoms with Crippen LogP contribution in [-0.4, -0.2) is 42.9 Å². The van der Waals surface area contributed by atoms with Gasteiger partial charge in [-0.2, -0.15) is 8.78 Å². The first kappa shape index (κ1) is 16.1. The van der Waals surface area contributed by atoms with Gasteiger partial charge in [-0.05, 0) is 55.3 Å². The largest absolute Gasteiger partial charge is 0.459 e. The minimum atomic E-state index is -3.45. The molecular weight excluding hydrogens is 294 g/mol. The van der Waals surface area contributed by atoms with E-state index in [0.29, 0.717) is 31.3 Å². The van der Waals surface area contributed by atoms with Crippen LogP contribution in [0.25, 0.3) is 0 Å². The minimum absolute atomic E-state index is 0.133. The molecule has 6 heteroatoms. The molecule has 0 aromatic carbocycles. The fourth-order valence-electron chi connectivity index (χ4n) is 4.95. The summed E-state index contributed by atoms with van der Waals surface area (Å²) in [4.78, 5) is 10.9. The van der Waals surface area contributed by atoms with Crippen molar-refractivity contribution in [1.82, 2.24) is 0 Å². The molecule has 2 atom stereocenters. The van der Waals surface area contributed by atoms with Gasteiger partial charge in [0, 0.05) is 6.92 Å². The number of aliphatic hydroxyl groups is 1. The number of hydrogen-bond donors (Lipinski definition) is 1. The molecule has 0 aromatic rings. The average Bonchev–Trinajstić information content (AvgIpc) is 2.42. The van der Waals surface area contributed by atoms with Crippen molar-refractivity contribution in [2.45, 2.75) is 51.1 Å². The summed E-state index contributed by atoms with van der Waals surface area (Å²) in [6, 6.07) is 0. The SMILES string of the molecule is CC(F)(F)C(=O)OCCOCC12CC3CC(C1)C(O)C(C3)C2. The Kier molecular flexibility index (Phi) is 4.18. The third kappa shape index (κ3) is 3.13. The van der Waals surface area contributed by atoms with Crippen LogP contribution in [0.5, 0.6) is 0 Å². The van der Waals surface area contributed by atoms with Crippen molar-refractivity contribution in [1.29, 1.82) is 0 Å². The van der Waals surface area contributed by atoms with Gasteiger partial charge in [0.25, 0.3) is 0 Å². The average molecular weight is 318 g/mol. The summed E-state index contributed by atoms with van der Waals surface area (Å²) in [5, 5.41) is 10.2. The van der Waals surface area contributed by atoms with Crippen molar-refractivity contribution in [3.63, 3.8) is 0 Å². The Morgan fingerprint density at radius 2 is 1.86 bits per heavy atom. The molecule has 1 N–H and O–H groups in total. The number of aliphatic hydroxyl groups excluding tert-OH is 1. The second-order valence-electron chi connectivity index (χ2n) is 7.54. The molecule has 4 aliphatic rings. The van der Waals surface area contributed by atoms with Crippen molar-refractivity contribution in [2.24, 2.45) is 23.2 Å². The Morgan fingerprint density at radius 1 is 1.23 bits per heavy atom. The van der Waals surface area contributed by atoms with Crippen molar-refractivity contribution >= 4 is 5.97 Å². The molecule has 0 aromatic heterocycles. The van der Waals surface area contributed by atoms with Crippen LogP contribution in [0.1, 0.15) is 39.0 Å². The standard InChI is InChI=1S/C16H24F2O4/c1-15(17,18)14(20)22-3-2-21-9-16-6-10-4-11(7-16)13(19)12(5-10)8-16/h10-13,19H,2-9H2,1H3. The number of halogens is 2. The van der Waals surface area contributed by atoms with Crippen molar-refractivity contribution < 1.29 is 28.2 Å². The second-order valence-corrected chi connectivity index (χ2v) is 7.54. The highest BCUT2D eigenvalue weighted by Crippen LogP contribution is 2.60. The Hall–Kier alpha value is -0.750. The molecule has 4 rings (SSSR count). The minimum Gasteiger partial charge on any atom is -0.459 e. The highest BCUT2D eigenvalue weighted by atomic mass is 19.3. The van der Waals surface area contributed by atoms with E-state index in [2.05, 4.69) is 4.74 Å². The van der Waals surface area contributed by atoms with E-state index in [-0.39, 0.29) is 24.7 Å². The normalized spacial score (nSPS) is 40.0. The molecule has 0 radical (unpaired) electrons. The quantitative estimate of drug-likeness (QED) is 0.603. The van der Waals surface area contributed by atoms with E-state index in [1.54, 1.807) is 0 Å². The molecule has 2 unspecified atom stereocenters. The van der Waals surface area contributed by atoms with E-state index in [4.69, 9.17) is 4.74 Å². The van der Waals surface area contributed by atoms with Crippen LogP contribution in [0.15, 0.2) is 0 Å². The molecule has 0 saturated heterocycles. The molecule has 4 aliphatic carbocycles. The van der Waals surface area contributed by atoms with Gasteiger partial charge in [0.15, 0.2) is 0 Å². The van der Waals surface area contributed by atoms with Gasteiger partial charge in [-0.1, -0.05) is 0 Å². The van der Waals surface area contributed by atoms with E-state index < -0.39 is 11.9 Å². The van der Waals surface area contributed by atoms with E-state index in [1.807, 2.05) is 0 Å². The summed E-state index contributed by atoms with van der Waals surface area (Å²) in [5.41, 5.74) is 0.133. The third-order valence-corrected chi connectivity index (χ3v) is 5.58. The number of carbonyl (C=O) groups is 1. The first-order valence-corrected chi connectivity index (χ1v) is 8.10. The number of alkyl halides is 2. The maximum absolute atomic E-state index is 12.6. The summed E-state index contributed by atoms with van der Waals surface area (Å²) < 4.78 is 35.4. The molecule has 0 aliphatic heterocycles. The number of rotatable bonds is 6. The molecule has 4 fully saturated rings. The van der Waals surface area contributed by atoms with Gasteiger partial charge < -0.3 is 14.6 Å². The zero-order valence-corrected chi connectivity index (χ0v) is 12.9. The molecule has 4 bridgehead atoms. The lowest BCUT2D eigenvalue weighted by Crippen LogP contribution is -2.55. The maximum Gasteiger partial charge on any atom is 0.376 e. The Bertz CT molecular complexity index is 418. The smallest absolute Gasteiger partial charge is 0.376 e. The zero-order valence-electron chi connectivity index (χ0n) is 12.9. The molecular formula is C16H24F2O4. The molecule has 22 heavy (non-hydrogen) atoms. The fourth-order valence-corrected chi connectivity index (χ4v) is 4.95. The van der Waals surface area contributed by atoms with Crippen LogP contribution in [-0.2, 0) is 14.3 Å². The zero-order chi connectivity index (χ0) is 16.0. The summed E-state index contributed by atoms with van der Waals surface area (Å²) >= 11 is 0. The van der Waals surface area contributed by atoms with Crippen LogP contribution < -0.4 is 0 Å². The Morgan fingerprint density at radius 3 is 2.45 bits per heavy atom. The number of hydrogen-bond acceptors (Lipinski definition) is 4. The monoisotopic (exact) mass is 318 g/mol. The molecule has 126 valence electrons. The molecule has 0 amide bonds. The second kappa shape index (κ2) is 5.71. The van der Waals surface area contributed by atoms with Gasteiger partial charge in [-0.25, -0.2) is 4.79 Å². The summed E-state index contributed by atoms with van der Waals surface area (Å²) in [5.74, 6) is -3.47. The highest BCUT2D eigenvalue weighted by molar-refractivity contribution is 5.76. The Labute approximate surface area is 129 Å². The van der Waals surface area contributed by atoms with Gasteiger partial charge in [0.2, 0.25) is 0 Å². The molecule has 4 nitrogen and oxygen atoms in total. The molecule has 0 heterocycles. The van der Waals surface area contributed by atoms with E-state index in [1.165, 1.54) is 0 Å². The highest BCUT2D eigenvalue weighted by Gasteiger charge is 2.54. The van der Waals surface area contributed by atoms with E-state index in [0.717, 1.165) is 32.1 Å². The summed E-state index contributed by atoms with van der Waals surface area (Å²) in [6.45, 7) is 1.10. The van der Waals surface area contributed by atoms with Crippen molar-refractivity contribution in [3.8, 4) is 0 Å².